The van der Waals surface area contributed by atoms with Gasteiger partial charge in [-0.15, -0.1) is 4.91 Å². The molecule has 84 valence electrons. The molecule has 1 aromatic rings. The molecule has 0 bridgehead atoms. The van der Waals surface area contributed by atoms with E-state index in [-0.39, 0.29) is 0 Å². The van der Waals surface area contributed by atoms with Crippen molar-refractivity contribution in [1.82, 2.24) is 0 Å². The highest BCUT2D eigenvalue weighted by Gasteiger charge is 2.14. The van der Waals surface area contributed by atoms with Gasteiger partial charge < -0.3 is 10.0 Å². The van der Waals surface area contributed by atoms with E-state index < -0.39 is 0 Å². The first kappa shape index (κ1) is 11.0. The number of nitroso groups, excluding NO2 is 1. The summed E-state index contributed by atoms with van der Waals surface area (Å²) in [6.45, 7) is 1.34. The fourth-order valence-electron chi connectivity index (χ4n) is 1.69. The quantitative estimate of drug-likeness (QED) is 0.804. The van der Waals surface area contributed by atoms with Crippen LogP contribution in [0.25, 0.3) is 0 Å². The van der Waals surface area contributed by atoms with Crippen LogP contribution in [0.15, 0.2) is 35.2 Å². The molecule has 0 spiro atoms. The Morgan fingerprint density at radius 1 is 1.44 bits per heavy atom. The Morgan fingerprint density at radius 3 is 2.81 bits per heavy atom. The highest BCUT2D eigenvalue weighted by Crippen LogP contribution is 2.31. The minimum absolute atomic E-state index is 0.323. The highest BCUT2D eigenvalue weighted by atomic mass is 35.5. The monoisotopic (exact) mass is 238 g/mol. The Kier molecular flexibility index (Phi) is 3.10. The average molecular weight is 239 g/mol. The number of benzene rings is 1. The Bertz CT molecular complexity index is 446. The molecule has 16 heavy (non-hydrogen) atoms. The number of aliphatic hydroxyl groups is 1. The van der Waals surface area contributed by atoms with E-state index in [1.165, 1.54) is 0 Å². The fraction of sp³-hybridized carbons (Fsp3) is 0.273. The Hall–Kier alpha value is -1.55. The Morgan fingerprint density at radius 2 is 2.25 bits per heavy atom. The van der Waals surface area contributed by atoms with Crippen LogP contribution in [0.4, 0.5) is 11.4 Å². The molecule has 1 aliphatic heterocycles. The lowest BCUT2D eigenvalue weighted by molar-refractivity contribution is 0.380. The number of nitrogens with zero attached hydrogens (tertiary/aromatic N) is 2. The van der Waals surface area contributed by atoms with Crippen LogP contribution in [0.2, 0.25) is 5.02 Å². The first-order valence-corrected chi connectivity index (χ1v) is 5.34. The van der Waals surface area contributed by atoms with Crippen LogP contribution in [0.3, 0.4) is 0 Å². The molecule has 0 aliphatic carbocycles. The molecule has 1 aromatic carbocycles. The van der Waals surface area contributed by atoms with Crippen LogP contribution in [0.1, 0.15) is 6.42 Å². The number of rotatable bonds is 2. The van der Waals surface area contributed by atoms with E-state index in [0.717, 1.165) is 12.2 Å². The molecule has 4 nitrogen and oxygen atoms in total. The van der Waals surface area contributed by atoms with Gasteiger partial charge in [0, 0.05) is 19.5 Å². The first-order chi connectivity index (χ1) is 7.70. The molecule has 0 atom stereocenters. The molecule has 0 unspecified atom stereocenters. The van der Waals surface area contributed by atoms with Gasteiger partial charge in [-0.05, 0) is 29.5 Å². The van der Waals surface area contributed by atoms with Gasteiger partial charge in [0.05, 0.1) is 16.5 Å². The molecule has 0 amide bonds. The Labute approximate surface area is 98.1 Å². The van der Waals surface area contributed by atoms with E-state index >= 15 is 0 Å². The zero-order valence-electron chi connectivity index (χ0n) is 8.56. The normalized spacial score (nSPS) is 15.8. The van der Waals surface area contributed by atoms with E-state index in [1.807, 2.05) is 4.90 Å². The summed E-state index contributed by atoms with van der Waals surface area (Å²) in [6, 6.07) is 4.95. The van der Waals surface area contributed by atoms with E-state index in [4.69, 9.17) is 11.6 Å². The molecule has 1 heterocycles. The van der Waals surface area contributed by atoms with Crippen LogP contribution < -0.4 is 4.90 Å². The molecule has 2 rings (SSSR count). The summed E-state index contributed by atoms with van der Waals surface area (Å²) in [5.41, 5.74) is 1.18. The summed E-state index contributed by atoms with van der Waals surface area (Å²) in [7, 11) is 0. The van der Waals surface area contributed by atoms with Gasteiger partial charge in [0.25, 0.3) is 0 Å². The lowest BCUT2D eigenvalue weighted by atomic mass is 10.2. The lowest BCUT2D eigenvalue weighted by Gasteiger charge is -2.27. The molecule has 0 fully saturated rings. The van der Waals surface area contributed by atoms with E-state index in [9.17, 15) is 10.0 Å². The average Bonchev–Trinajstić information content (AvgIpc) is 2.30. The zero-order valence-corrected chi connectivity index (χ0v) is 9.31. The zero-order chi connectivity index (χ0) is 11.5. The molecular weight excluding hydrogens is 228 g/mol. The van der Waals surface area contributed by atoms with Gasteiger partial charge >= 0.3 is 0 Å². The number of aliphatic hydroxyl groups excluding tert-OH is 1. The summed E-state index contributed by atoms with van der Waals surface area (Å²) >= 11 is 6.05. The van der Waals surface area contributed by atoms with E-state index in [0.29, 0.717) is 29.4 Å². The summed E-state index contributed by atoms with van der Waals surface area (Å²) in [4.78, 5) is 12.4. The SMILES string of the molecule is O=Nc1ccc(N2CC=C(O)CC2)c(Cl)c1. The van der Waals surface area contributed by atoms with Crippen molar-refractivity contribution in [3.8, 4) is 0 Å². The second kappa shape index (κ2) is 4.53. The Balaban J connectivity index is 2.24. The van der Waals surface area contributed by atoms with Crippen molar-refractivity contribution >= 4 is 23.0 Å². The fourth-order valence-corrected chi connectivity index (χ4v) is 1.98. The minimum Gasteiger partial charge on any atom is -0.513 e. The summed E-state index contributed by atoms with van der Waals surface area (Å²) in [5, 5.41) is 12.6. The van der Waals surface area contributed by atoms with Crippen molar-refractivity contribution in [2.75, 3.05) is 18.0 Å². The maximum Gasteiger partial charge on any atom is 0.109 e. The summed E-state index contributed by atoms with van der Waals surface area (Å²) in [5.74, 6) is 0.415. The van der Waals surface area contributed by atoms with Crippen molar-refractivity contribution in [3.05, 3.63) is 40.0 Å². The minimum atomic E-state index is 0.323. The third-order valence-corrected chi connectivity index (χ3v) is 2.87. The standard InChI is InChI=1S/C11H11ClN2O2/c12-10-7-8(13-16)1-2-11(10)14-5-3-9(15)4-6-14/h1-3,7,15H,4-6H2. The second-order valence-corrected chi connectivity index (χ2v) is 4.03. The molecule has 1 aliphatic rings. The van der Waals surface area contributed by atoms with Crippen molar-refractivity contribution < 1.29 is 5.11 Å². The highest BCUT2D eigenvalue weighted by molar-refractivity contribution is 6.33. The van der Waals surface area contributed by atoms with Crippen molar-refractivity contribution in [2.45, 2.75) is 6.42 Å². The molecule has 5 heteroatoms. The number of anilines is 1. The smallest absolute Gasteiger partial charge is 0.109 e. The molecule has 0 radical (unpaired) electrons. The molecule has 0 saturated carbocycles. The van der Waals surface area contributed by atoms with Gasteiger partial charge in [0.2, 0.25) is 0 Å². The third-order valence-electron chi connectivity index (χ3n) is 2.56. The molecule has 0 aromatic heterocycles. The van der Waals surface area contributed by atoms with Crippen LogP contribution in [-0.4, -0.2) is 18.2 Å². The van der Waals surface area contributed by atoms with Gasteiger partial charge in [-0.1, -0.05) is 11.6 Å². The summed E-state index contributed by atoms with van der Waals surface area (Å²) in [6.07, 6.45) is 2.37. The van der Waals surface area contributed by atoms with Gasteiger partial charge in [-0.3, -0.25) is 0 Å². The van der Waals surface area contributed by atoms with E-state index in [2.05, 4.69) is 5.18 Å². The first-order valence-electron chi connectivity index (χ1n) is 4.96. The van der Waals surface area contributed by atoms with Crippen molar-refractivity contribution in [2.24, 2.45) is 5.18 Å². The van der Waals surface area contributed by atoms with Gasteiger partial charge in [0.15, 0.2) is 0 Å². The van der Waals surface area contributed by atoms with Crippen LogP contribution in [0.5, 0.6) is 0 Å². The maximum atomic E-state index is 10.3. The largest absolute Gasteiger partial charge is 0.513 e. The predicted molar refractivity (Wildman–Crippen MR) is 64.4 cm³/mol. The summed E-state index contributed by atoms with van der Waals surface area (Å²) < 4.78 is 0. The van der Waals surface area contributed by atoms with Gasteiger partial charge in [-0.2, -0.15) is 0 Å². The van der Waals surface area contributed by atoms with Gasteiger partial charge in [0.1, 0.15) is 5.69 Å². The predicted octanol–water partition coefficient (Wildman–Crippen LogP) is 3.39. The van der Waals surface area contributed by atoms with Crippen molar-refractivity contribution in [3.63, 3.8) is 0 Å². The van der Waals surface area contributed by atoms with Crippen molar-refractivity contribution in [1.29, 1.82) is 0 Å². The molecular formula is C11H11ClN2O2. The molecule has 0 saturated heterocycles. The topological polar surface area (TPSA) is 52.9 Å². The van der Waals surface area contributed by atoms with Crippen LogP contribution in [0, 0.1) is 4.91 Å². The van der Waals surface area contributed by atoms with Crippen LogP contribution >= 0.6 is 11.6 Å². The number of hydrogen-bond acceptors (Lipinski definition) is 4. The lowest BCUT2D eigenvalue weighted by Crippen LogP contribution is -2.28. The van der Waals surface area contributed by atoms with E-state index in [1.54, 1.807) is 24.3 Å². The number of halogens is 1. The van der Waals surface area contributed by atoms with Crippen LogP contribution in [-0.2, 0) is 0 Å². The maximum absolute atomic E-state index is 10.3. The van der Waals surface area contributed by atoms with Gasteiger partial charge in [-0.25, -0.2) is 0 Å². The second-order valence-electron chi connectivity index (χ2n) is 3.62. The molecule has 1 N–H and O–H groups in total. The third kappa shape index (κ3) is 2.17. The number of hydrogen-bond donors (Lipinski definition) is 1.